The minimum absolute atomic E-state index is 0.169. The summed E-state index contributed by atoms with van der Waals surface area (Å²) in [6.45, 7) is -0.674. The molecule has 2 aromatic rings. The molecule has 0 unspecified atom stereocenters. The first-order valence-electron chi connectivity index (χ1n) is 4.94. The normalized spacial score (nSPS) is 11.8. The first kappa shape index (κ1) is 12.6. The maximum absolute atomic E-state index is 13.0. The number of rotatable bonds is 2. The van der Waals surface area contributed by atoms with Gasteiger partial charge in [-0.15, -0.1) is 0 Å². The molecule has 1 N–H and O–H groups in total. The van der Waals surface area contributed by atoms with E-state index >= 15 is 0 Å². The van der Waals surface area contributed by atoms with Gasteiger partial charge in [0, 0.05) is 11.9 Å². The summed E-state index contributed by atoms with van der Waals surface area (Å²) in [7, 11) is 0. The Kier molecular flexibility index (Phi) is 3.08. The zero-order valence-electron chi connectivity index (χ0n) is 8.95. The Balaban J connectivity index is 2.54. The molecule has 0 aliphatic carbocycles. The largest absolute Gasteiger partial charge is 0.434 e. The van der Waals surface area contributed by atoms with Crippen LogP contribution in [0.2, 0.25) is 0 Å². The van der Waals surface area contributed by atoms with Crippen LogP contribution >= 0.6 is 0 Å². The van der Waals surface area contributed by atoms with E-state index in [1.54, 1.807) is 0 Å². The van der Waals surface area contributed by atoms with E-state index in [-0.39, 0.29) is 11.5 Å². The Morgan fingerprint density at radius 1 is 1.28 bits per heavy atom. The highest BCUT2D eigenvalue weighted by Crippen LogP contribution is 2.29. The van der Waals surface area contributed by atoms with Gasteiger partial charge in [0.15, 0.2) is 5.69 Å². The molecule has 18 heavy (non-hydrogen) atoms. The molecule has 0 saturated carbocycles. The number of alkyl halides is 3. The molecule has 0 amide bonds. The van der Waals surface area contributed by atoms with Crippen LogP contribution in [-0.2, 0) is 12.8 Å². The lowest BCUT2D eigenvalue weighted by Gasteiger charge is -2.05. The smallest absolute Gasteiger partial charge is 0.388 e. The topological polar surface area (TPSA) is 38.1 Å². The molecule has 0 aliphatic rings. The summed E-state index contributed by atoms with van der Waals surface area (Å²) < 4.78 is 51.5. The lowest BCUT2D eigenvalue weighted by atomic mass is 10.3. The van der Waals surface area contributed by atoms with E-state index in [0.29, 0.717) is 0 Å². The van der Waals surface area contributed by atoms with Crippen molar-refractivity contribution in [3.05, 3.63) is 47.8 Å². The average Bonchev–Trinajstić information content (AvgIpc) is 2.72. The number of halogens is 4. The predicted molar refractivity (Wildman–Crippen MR) is 54.4 cm³/mol. The number of benzene rings is 1. The third kappa shape index (κ3) is 2.35. The SMILES string of the molecule is OCc1nc(C(F)(F)F)cn1-c1cccc(F)c1. The number of aliphatic hydroxyl groups is 1. The fourth-order valence-corrected chi connectivity index (χ4v) is 1.52. The number of nitrogens with zero attached hydrogens (tertiary/aromatic N) is 2. The molecule has 1 aromatic heterocycles. The summed E-state index contributed by atoms with van der Waals surface area (Å²) in [6, 6.07) is 5.01. The first-order valence-corrected chi connectivity index (χ1v) is 4.94. The minimum Gasteiger partial charge on any atom is -0.388 e. The van der Waals surface area contributed by atoms with Crippen LogP contribution < -0.4 is 0 Å². The van der Waals surface area contributed by atoms with Crippen LogP contribution in [0.5, 0.6) is 0 Å². The molecular formula is C11H8F4N2O. The van der Waals surface area contributed by atoms with E-state index in [1.165, 1.54) is 18.2 Å². The van der Waals surface area contributed by atoms with Crippen molar-refractivity contribution in [2.45, 2.75) is 12.8 Å². The number of hydrogen-bond acceptors (Lipinski definition) is 2. The fraction of sp³-hybridized carbons (Fsp3) is 0.182. The highest BCUT2D eigenvalue weighted by molar-refractivity contribution is 5.34. The van der Waals surface area contributed by atoms with Gasteiger partial charge in [0.25, 0.3) is 0 Å². The summed E-state index contributed by atoms with van der Waals surface area (Å²) >= 11 is 0. The quantitative estimate of drug-likeness (QED) is 0.842. The fourth-order valence-electron chi connectivity index (χ4n) is 1.52. The van der Waals surface area contributed by atoms with E-state index in [0.717, 1.165) is 16.8 Å². The van der Waals surface area contributed by atoms with E-state index in [4.69, 9.17) is 5.11 Å². The number of aliphatic hydroxyl groups excluding tert-OH is 1. The van der Waals surface area contributed by atoms with Crippen molar-refractivity contribution in [1.82, 2.24) is 9.55 Å². The Labute approximate surface area is 99.3 Å². The van der Waals surface area contributed by atoms with Crippen molar-refractivity contribution in [3.8, 4) is 5.69 Å². The van der Waals surface area contributed by atoms with Crippen LogP contribution in [-0.4, -0.2) is 14.7 Å². The lowest BCUT2D eigenvalue weighted by molar-refractivity contribution is -0.141. The number of imidazole rings is 1. The molecule has 1 heterocycles. The van der Waals surface area contributed by atoms with E-state index in [2.05, 4.69) is 4.98 Å². The van der Waals surface area contributed by atoms with Gasteiger partial charge in [-0.25, -0.2) is 9.37 Å². The minimum atomic E-state index is -4.61. The Morgan fingerprint density at radius 3 is 2.56 bits per heavy atom. The van der Waals surface area contributed by atoms with Crippen molar-refractivity contribution in [1.29, 1.82) is 0 Å². The van der Waals surface area contributed by atoms with Gasteiger partial charge in [-0.1, -0.05) is 6.07 Å². The second kappa shape index (κ2) is 4.41. The van der Waals surface area contributed by atoms with E-state index in [9.17, 15) is 17.6 Å². The number of hydrogen-bond donors (Lipinski definition) is 1. The van der Waals surface area contributed by atoms with Crippen LogP contribution in [0.3, 0.4) is 0 Å². The molecule has 0 saturated heterocycles. The molecule has 2 rings (SSSR count). The van der Waals surface area contributed by atoms with Crippen LogP contribution in [0.25, 0.3) is 5.69 Å². The molecule has 0 bridgehead atoms. The molecule has 0 fully saturated rings. The molecule has 7 heteroatoms. The van der Waals surface area contributed by atoms with E-state index < -0.39 is 24.3 Å². The van der Waals surface area contributed by atoms with Crippen molar-refractivity contribution in [2.24, 2.45) is 0 Å². The summed E-state index contributed by atoms with van der Waals surface area (Å²) in [6.07, 6.45) is -3.89. The van der Waals surface area contributed by atoms with Gasteiger partial charge in [-0.2, -0.15) is 13.2 Å². The second-order valence-corrected chi connectivity index (χ2v) is 3.55. The summed E-state index contributed by atoms with van der Waals surface area (Å²) in [4.78, 5) is 3.27. The number of aromatic nitrogens is 2. The second-order valence-electron chi connectivity index (χ2n) is 3.55. The predicted octanol–water partition coefficient (Wildman–Crippen LogP) is 2.52. The Bertz CT molecular complexity index is 562. The van der Waals surface area contributed by atoms with Crippen LogP contribution in [0.1, 0.15) is 11.5 Å². The zero-order valence-corrected chi connectivity index (χ0v) is 8.95. The van der Waals surface area contributed by atoms with Crippen molar-refractivity contribution >= 4 is 0 Å². The van der Waals surface area contributed by atoms with Crippen molar-refractivity contribution in [2.75, 3.05) is 0 Å². The third-order valence-corrected chi connectivity index (χ3v) is 2.30. The van der Waals surface area contributed by atoms with Gasteiger partial charge in [-0.05, 0) is 18.2 Å². The third-order valence-electron chi connectivity index (χ3n) is 2.30. The van der Waals surface area contributed by atoms with Gasteiger partial charge in [0.2, 0.25) is 0 Å². The molecule has 0 aliphatic heterocycles. The average molecular weight is 260 g/mol. The Morgan fingerprint density at radius 2 is 2.00 bits per heavy atom. The van der Waals surface area contributed by atoms with Crippen molar-refractivity contribution < 1.29 is 22.7 Å². The first-order chi connectivity index (χ1) is 8.41. The standard InChI is InChI=1S/C11H8F4N2O/c12-7-2-1-3-8(4-7)17-5-9(11(13,14)15)16-10(17)6-18/h1-5,18H,6H2. The summed E-state index contributed by atoms with van der Waals surface area (Å²) in [5, 5.41) is 8.98. The summed E-state index contributed by atoms with van der Waals surface area (Å²) in [5.74, 6) is -0.786. The highest BCUT2D eigenvalue weighted by Gasteiger charge is 2.34. The molecule has 0 atom stereocenters. The maximum Gasteiger partial charge on any atom is 0.434 e. The van der Waals surface area contributed by atoms with Gasteiger partial charge >= 0.3 is 6.18 Å². The highest BCUT2D eigenvalue weighted by atomic mass is 19.4. The maximum atomic E-state index is 13.0. The van der Waals surface area contributed by atoms with Crippen LogP contribution in [0.4, 0.5) is 17.6 Å². The van der Waals surface area contributed by atoms with Gasteiger partial charge in [0.1, 0.15) is 18.2 Å². The van der Waals surface area contributed by atoms with Crippen LogP contribution in [0.15, 0.2) is 30.5 Å². The monoisotopic (exact) mass is 260 g/mol. The van der Waals surface area contributed by atoms with E-state index in [1.807, 2.05) is 0 Å². The summed E-state index contributed by atoms with van der Waals surface area (Å²) in [5.41, 5.74) is -0.960. The van der Waals surface area contributed by atoms with Crippen molar-refractivity contribution in [3.63, 3.8) is 0 Å². The van der Waals surface area contributed by atoms with Crippen LogP contribution in [0, 0.1) is 5.82 Å². The Hall–Kier alpha value is -1.89. The van der Waals surface area contributed by atoms with Gasteiger partial charge in [-0.3, -0.25) is 0 Å². The zero-order chi connectivity index (χ0) is 13.3. The molecule has 1 aromatic carbocycles. The molecular weight excluding hydrogens is 252 g/mol. The molecule has 0 spiro atoms. The lowest BCUT2D eigenvalue weighted by Crippen LogP contribution is -2.05. The molecule has 0 radical (unpaired) electrons. The van der Waals surface area contributed by atoms with Gasteiger partial charge in [0.05, 0.1) is 0 Å². The molecule has 3 nitrogen and oxygen atoms in total. The molecule has 96 valence electrons. The van der Waals surface area contributed by atoms with Gasteiger partial charge < -0.3 is 9.67 Å².